The molecule has 0 aliphatic rings. The molecule has 0 saturated heterocycles. The van der Waals surface area contributed by atoms with E-state index in [0.29, 0.717) is 45.6 Å². The third kappa shape index (κ3) is 7.02. The van der Waals surface area contributed by atoms with Crippen molar-refractivity contribution in [3.63, 3.8) is 0 Å². The van der Waals surface area contributed by atoms with Crippen LogP contribution in [-0.4, -0.2) is 60.6 Å². The summed E-state index contributed by atoms with van der Waals surface area (Å²) in [7, 11) is 10.2. The molecule has 0 atom stereocenters. The molecule has 0 saturated carbocycles. The standard InChI is InChI=1S/C30H32N2O10/c1-36-23-14-18(8-9-20-16-25(38-3)30(42-7)26(17-20)39-4)12-21(28(23)40-5)31-27(33)11-10-19-13-22(32(34)35)29(41-6)24(15-19)37-2/h8-17H,1-7H3,(H,31,33)/b9-8?,11-10+. The summed E-state index contributed by atoms with van der Waals surface area (Å²) in [5.41, 5.74) is 1.87. The van der Waals surface area contributed by atoms with Gasteiger partial charge in [0.05, 0.1) is 60.4 Å². The summed E-state index contributed by atoms with van der Waals surface area (Å²) < 4.78 is 37.5. The normalized spacial score (nSPS) is 10.8. The van der Waals surface area contributed by atoms with Gasteiger partial charge >= 0.3 is 5.69 Å². The minimum absolute atomic E-state index is 0.0164. The number of anilines is 1. The quantitative estimate of drug-likeness (QED) is 0.120. The van der Waals surface area contributed by atoms with Gasteiger partial charge in [0.1, 0.15) is 0 Å². The Balaban J connectivity index is 1.93. The first-order valence-corrected chi connectivity index (χ1v) is 12.4. The Kier molecular flexibility index (Phi) is 10.6. The fourth-order valence-corrected chi connectivity index (χ4v) is 4.11. The molecule has 0 spiro atoms. The Morgan fingerprint density at radius 1 is 0.619 bits per heavy atom. The van der Waals surface area contributed by atoms with Crippen LogP contribution in [0.15, 0.2) is 42.5 Å². The molecular weight excluding hydrogens is 548 g/mol. The van der Waals surface area contributed by atoms with Gasteiger partial charge in [-0.15, -0.1) is 0 Å². The van der Waals surface area contributed by atoms with Crippen molar-refractivity contribution in [1.29, 1.82) is 0 Å². The highest BCUT2D eigenvalue weighted by Crippen LogP contribution is 2.40. The van der Waals surface area contributed by atoms with Crippen molar-refractivity contribution in [1.82, 2.24) is 0 Å². The number of hydrogen-bond acceptors (Lipinski definition) is 10. The summed E-state index contributed by atoms with van der Waals surface area (Å²) >= 11 is 0. The molecule has 0 heterocycles. The van der Waals surface area contributed by atoms with Crippen LogP contribution >= 0.6 is 0 Å². The summed E-state index contributed by atoms with van der Waals surface area (Å²) in [6.45, 7) is 0. The third-order valence-corrected chi connectivity index (χ3v) is 6.02. The highest BCUT2D eigenvalue weighted by atomic mass is 16.6. The maximum absolute atomic E-state index is 12.9. The number of nitro groups is 1. The van der Waals surface area contributed by atoms with Gasteiger partial charge in [-0.3, -0.25) is 14.9 Å². The smallest absolute Gasteiger partial charge is 0.315 e. The van der Waals surface area contributed by atoms with Crippen molar-refractivity contribution in [2.24, 2.45) is 0 Å². The second-order valence-corrected chi connectivity index (χ2v) is 8.45. The topological polar surface area (TPSA) is 137 Å². The Labute approximate surface area is 243 Å². The van der Waals surface area contributed by atoms with Crippen LogP contribution in [0.25, 0.3) is 18.2 Å². The zero-order valence-electron chi connectivity index (χ0n) is 24.3. The van der Waals surface area contributed by atoms with Gasteiger partial charge in [-0.05, 0) is 53.1 Å². The van der Waals surface area contributed by atoms with Crippen LogP contribution in [0.4, 0.5) is 11.4 Å². The summed E-state index contributed by atoms with van der Waals surface area (Å²) in [5.74, 6) is 1.81. The molecule has 42 heavy (non-hydrogen) atoms. The van der Waals surface area contributed by atoms with E-state index >= 15 is 0 Å². The molecule has 1 amide bonds. The Hall–Kier alpha value is -5.39. The van der Waals surface area contributed by atoms with Gasteiger partial charge in [0.15, 0.2) is 28.7 Å². The molecule has 12 nitrogen and oxygen atoms in total. The van der Waals surface area contributed by atoms with Gasteiger partial charge < -0.3 is 38.5 Å². The second kappa shape index (κ2) is 14.3. The van der Waals surface area contributed by atoms with E-state index in [-0.39, 0.29) is 17.2 Å². The summed E-state index contributed by atoms with van der Waals surface area (Å²) in [6.07, 6.45) is 6.30. The maximum atomic E-state index is 12.9. The lowest BCUT2D eigenvalue weighted by molar-refractivity contribution is -0.385. The van der Waals surface area contributed by atoms with E-state index in [4.69, 9.17) is 33.2 Å². The minimum atomic E-state index is -0.590. The molecule has 1 N–H and O–H groups in total. The van der Waals surface area contributed by atoms with Crippen LogP contribution in [-0.2, 0) is 4.79 Å². The van der Waals surface area contributed by atoms with E-state index in [9.17, 15) is 14.9 Å². The van der Waals surface area contributed by atoms with Crippen molar-refractivity contribution in [3.05, 3.63) is 69.3 Å². The lowest BCUT2D eigenvalue weighted by atomic mass is 10.1. The van der Waals surface area contributed by atoms with Crippen molar-refractivity contribution >= 4 is 35.5 Å². The van der Waals surface area contributed by atoms with Crippen LogP contribution in [0.2, 0.25) is 0 Å². The SMILES string of the molecule is COc1cc(C=Cc2cc(OC)c(OC)c(OC)c2)cc(NC(=O)/C=C/c2cc(OC)c(OC)c([N+](=O)[O-])c2)c1OC. The second-order valence-electron chi connectivity index (χ2n) is 8.45. The number of nitrogens with one attached hydrogen (secondary N) is 1. The average molecular weight is 581 g/mol. The van der Waals surface area contributed by atoms with Gasteiger partial charge in [-0.25, -0.2) is 0 Å². The Morgan fingerprint density at radius 2 is 1.05 bits per heavy atom. The molecule has 0 unspecified atom stereocenters. The number of nitro benzene ring substituents is 1. The van der Waals surface area contributed by atoms with Crippen LogP contribution in [0, 0.1) is 10.1 Å². The summed E-state index contributed by atoms with van der Waals surface area (Å²) in [6, 6.07) is 9.86. The number of carbonyl (C=O) groups is 1. The van der Waals surface area contributed by atoms with E-state index < -0.39 is 10.8 Å². The number of ether oxygens (including phenoxy) is 7. The largest absolute Gasteiger partial charge is 0.493 e. The summed E-state index contributed by atoms with van der Waals surface area (Å²) in [4.78, 5) is 23.8. The average Bonchev–Trinajstić information content (AvgIpc) is 3.00. The molecule has 0 aliphatic heterocycles. The highest BCUT2D eigenvalue weighted by Gasteiger charge is 2.21. The lowest BCUT2D eigenvalue weighted by Gasteiger charge is -2.15. The fraction of sp³-hybridized carbons (Fsp3) is 0.233. The molecule has 0 aliphatic carbocycles. The van der Waals surface area contributed by atoms with Crippen LogP contribution in [0.1, 0.15) is 16.7 Å². The van der Waals surface area contributed by atoms with E-state index in [1.807, 2.05) is 12.2 Å². The van der Waals surface area contributed by atoms with E-state index in [2.05, 4.69) is 5.32 Å². The molecule has 222 valence electrons. The van der Waals surface area contributed by atoms with Crippen LogP contribution < -0.4 is 38.5 Å². The van der Waals surface area contributed by atoms with Gasteiger partial charge in [-0.2, -0.15) is 0 Å². The molecule has 0 fully saturated rings. The first-order valence-electron chi connectivity index (χ1n) is 12.4. The Morgan fingerprint density at radius 3 is 1.50 bits per heavy atom. The van der Waals surface area contributed by atoms with Gasteiger partial charge in [0.2, 0.25) is 17.4 Å². The molecule has 0 radical (unpaired) electrons. The van der Waals surface area contributed by atoms with Gasteiger partial charge in [0.25, 0.3) is 0 Å². The molecule has 3 aromatic carbocycles. The van der Waals surface area contributed by atoms with Crippen molar-refractivity contribution in [2.75, 3.05) is 55.1 Å². The number of benzene rings is 3. The van der Waals surface area contributed by atoms with Crippen molar-refractivity contribution in [3.8, 4) is 40.2 Å². The number of nitrogens with zero attached hydrogens (tertiary/aromatic N) is 1. The van der Waals surface area contributed by atoms with Crippen LogP contribution in [0.3, 0.4) is 0 Å². The third-order valence-electron chi connectivity index (χ3n) is 6.02. The lowest BCUT2D eigenvalue weighted by Crippen LogP contribution is -2.09. The predicted octanol–water partition coefficient (Wildman–Crippen LogP) is 5.48. The first-order chi connectivity index (χ1) is 20.2. The Bertz CT molecular complexity index is 1490. The van der Waals surface area contributed by atoms with E-state index in [1.54, 1.807) is 24.3 Å². The first kappa shape index (κ1) is 31.1. The molecular formula is C30H32N2O10. The molecule has 0 bridgehead atoms. The maximum Gasteiger partial charge on any atom is 0.315 e. The van der Waals surface area contributed by atoms with Crippen LogP contribution in [0.5, 0.6) is 40.2 Å². The zero-order chi connectivity index (χ0) is 30.8. The number of hydrogen-bond donors (Lipinski definition) is 1. The number of carbonyl (C=O) groups excluding carboxylic acids is 1. The molecule has 3 aromatic rings. The molecule has 12 heteroatoms. The minimum Gasteiger partial charge on any atom is -0.493 e. The number of methoxy groups -OCH3 is 7. The molecule has 0 aromatic heterocycles. The monoisotopic (exact) mass is 580 g/mol. The number of amides is 1. The van der Waals surface area contributed by atoms with Crippen molar-refractivity contribution in [2.45, 2.75) is 0 Å². The van der Waals surface area contributed by atoms with E-state index in [1.165, 1.54) is 74.1 Å². The highest BCUT2D eigenvalue weighted by molar-refractivity contribution is 6.03. The fourth-order valence-electron chi connectivity index (χ4n) is 4.11. The summed E-state index contributed by atoms with van der Waals surface area (Å²) in [5, 5.41) is 14.3. The van der Waals surface area contributed by atoms with Gasteiger partial charge in [-0.1, -0.05) is 12.2 Å². The van der Waals surface area contributed by atoms with Gasteiger partial charge in [0, 0.05) is 12.1 Å². The van der Waals surface area contributed by atoms with E-state index in [0.717, 1.165) is 5.56 Å². The number of rotatable bonds is 13. The molecule has 3 rings (SSSR count). The zero-order valence-corrected chi connectivity index (χ0v) is 24.3. The van der Waals surface area contributed by atoms with Crippen molar-refractivity contribution < 1.29 is 42.9 Å². The predicted molar refractivity (Wildman–Crippen MR) is 158 cm³/mol.